The summed E-state index contributed by atoms with van der Waals surface area (Å²) < 4.78 is 10.7. The summed E-state index contributed by atoms with van der Waals surface area (Å²) in [7, 11) is 1.57. The van der Waals surface area contributed by atoms with Gasteiger partial charge in [-0.15, -0.1) is 0 Å². The molecule has 0 saturated carbocycles. The van der Waals surface area contributed by atoms with Crippen molar-refractivity contribution in [1.29, 1.82) is 0 Å². The van der Waals surface area contributed by atoms with Crippen LogP contribution in [0.1, 0.15) is 19.8 Å². The molecule has 1 saturated heterocycles. The van der Waals surface area contributed by atoms with Gasteiger partial charge in [-0.25, -0.2) is 0 Å². The summed E-state index contributed by atoms with van der Waals surface area (Å²) in [5.41, 5.74) is -0.652. The number of methoxy groups -OCH3 is 1. The summed E-state index contributed by atoms with van der Waals surface area (Å²) in [5, 5.41) is 9.86. The van der Waals surface area contributed by atoms with E-state index in [0.29, 0.717) is 37.4 Å². The lowest BCUT2D eigenvalue weighted by atomic mass is 9.94. The number of likely N-dealkylation sites (tertiary alicyclic amines) is 1. The minimum Gasteiger partial charge on any atom is -0.493 e. The molecule has 0 radical (unpaired) electrons. The topological polar surface area (TPSA) is 59.0 Å². The minimum atomic E-state index is -0.652. The van der Waals surface area contributed by atoms with E-state index in [1.807, 2.05) is 12.1 Å². The Balaban J connectivity index is 1.86. The highest BCUT2D eigenvalue weighted by Gasteiger charge is 2.29. The second kappa shape index (κ2) is 6.13. The van der Waals surface area contributed by atoms with Crippen molar-refractivity contribution in [3.8, 4) is 11.5 Å². The van der Waals surface area contributed by atoms with Crippen molar-refractivity contribution < 1.29 is 19.4 Å². The lowest BCUT2D eigenvalue weighted by Gasteiger charge is -2.35. The van der Waals surface area contributed by atoms with Crippen LogP contribution in [0.15, 0.2) is 24.3 Å². The monoisotopic (exact) mass is 279 g/mol. The third kappa shape index (κ3) is 3.63. The second-order valence-electron chi connectivity index (χ2n) is 5.32. The van der Waals surface area contributed by atoms with Crippen molar-refractivity contribution >= 4 is 5.91 Å². The molecule has 1 N–H and O–H groups in total. The Morgan fingerprint density at radius 1 is 1.30 bits per heavy atom. The molecule has 2 rings (SSSR count). The number of nitrogens with zero attached hydrogens (tertiary/aromatic N) is 1. The molecule has 0 bridgehead atoms. The van der Waals surface area contributed by atoms with Gasteiger partial charge in [-0.3, -0.25) is 4.79 Å². The Morgan fingerprint density at radius 3 is 2.50 bits per heavy atom. The van der Waals surface area contributed by atoms with E-state index in [9.17, 15) is 9.90 Å². The van der Waals surface area contributed by atoms with Crippen LogP contribution in [0.4, 0.5) is 0 Å². The molecule has 0 spiro atoms. The first-order valence-electron chi connectivity index (χ1n) is 6.78. The van der Waals surface area contributed by atoms with Crippen LogP contribution < -0.4 is 9.47 Å². The lowest BCUT2D eigenvalue weighted by Crippen LogP contribution is -2.46. The maximum Gasteiger partial charge on any atom is 0.260 e. The number of amides is 1. The molecule has 20 heavy (non-hydrogen) atoms. The van der Waals surface area contributed by atoms with Gasteiger partial charge in [-0.1, -0.05) is 12.1 Å². The predicted octanol–water partition coefficient (Wildman–Crippen LogP) is 1.45. The largest absolute Gasteiger partial charge is 0.493 e. The lowest BCUT2D eigenvalue weighted by molar-refractivity contribution is -0.137. The normalized spacial score (nSPS) is 17.6. The van der Waals surface area contributed by atoms with Crippen LogP contribution in [-0.2, 0) is 4.79 Å². The fourth-order valence-corrected chi connectivity index (χ4v) is 2.21. The third-order valence-electron chi connectivity index (χ3n) is 3.61. The summed E-state index contributed by atoms with van der Waals surface area (Å²) in [6.45, 7) is 2.94. The number of carbonyl (C=O) groups is 1. The highest BCUT2D eigenvalue weighted by Crippen LogP contribution is 2.26. The number of aliphatic hydroxyl groups is 1. The van der Waals surface area contributed by atoms with Gasteiger partial charge in [0.1, 0.15) is 0 Å². The van der Waals surface area contributed by atoms with Crippen molar-refractivity contribution in [3.63, 3.8) is 0 Å². The molecular weight excluding hydrogens is 258 g/mol. The maximum atomic E-state index is 12.1. The van der Waals surface area contributed by atoms with E-state index in [1.165, 1.54) is 0 Å². The van der Waals surface area contributed by atoms with E-state index >= 15 is 0 Å². The molecule has 0 aromatic heterocycles. The van der Waals surface area contributed by atoms with E-state index in [4.69, 9.17) is 9.47 Å². The Morgan fingerprint density at radius 2 is 1.90 bits per heavy atom. The Hall–Kier alpha value is -1.75. The molecular formula is C15H21NO4. The third-order valence-corrected chi connectivity index (χ3v) is 3.61. The number of benzene rings is 1. The number of hydrogen-bond acceptors (Lipinski definition) is 4. The molecule has 0 atom stereocenters. The van der Waals surface area contributed by atoms with Crippen molar-refractivity contribution in [2.45, 2.75) is 25.4 Å². The first kappa shape index (κ1) is 14.7. The van der Waals surface area contributed by atoms with Crippen molar-refractivity contribution in [1.82, 2.24) is 4.90 Å². The fraction of sp³-hybridized carbons (Fsp3) is 0.533. The molecule has 1 heterocycles. The van der Waals surface area contributed by atoms with Crippen molar-refractivity contribution in [2.75, 3.05) is 26.8 Å². The Labute approximate surface area is 119 Å². The van der Waals surface area contributed by atoms with Gasteiger partial charge in [0.25, 0.3) is 5.91 Å². The molecule has 1 fully saturated rings. The zero-order chi connectivity index (χ0) is 14.6. The van der Waals surface area contributed by atoms with Gasteiger partial charge >= 0.3 is 0 Å². The molecule has 1 aromatic rings. The van der Waals surface area contributed by atoms with Crippen LogP contribution >= 0.6 is 0 Å². The average molecular weight is 279 g/mol. The number of para-hydroxylation sites is 2. The van der Waals surface area contributed by atoms with Crippen LogP contribution in [0.25, 0.3) is 0 Å². The molecule has 5 nitrogen and oxygen atoms in total. The molecule has 5 heteroatoms. The van der Waals surface area contributed by atoms with Gasteiger partial charge in [-0.05, 0) is 31.9 Å². The summed E-state index contributed by atoms with van der Waals surface area (Å²) in [4.78, 5) is 13.8. The van der Waals surface area contributed by atoms with Gasteiger partial charge in [0.15, 0.2) is 18.1 Å². The van der Waals surface area contributed by atoms with Crippen LogP contribution in [0.5, 0.6) is 11.5 Å². The summed E-state index contributed by atoms with van der Waals surface area (Å²) >= 11 is 0. The molecule has 110 valence electrons. The maximum absolute atomic E-state index is 12.1. The van der Waals surface area contributed by atoms with Crippen molar-refractivity contribution in [3.05, 3.63) is 24.3 Å². The molecule has 0 aliphatic carbocycles. The first-order valence-corrected chi connectivity index (χ1v) is 6.78. The molecule has 1 aliphatic heterocycles. The average Bonchev–Trinajstić information content (AvgIpc) is 2.45. The summed E-state index contributed by atoms with van der Waals surface area (Å²) in [6, 6.07) is 7.24. The SMILES string of the molecule is COc1ccccc1OCC(=O)N1CCC(C)(O)CC1. The van der Waals surface area contributed by atoms with Crippen LogP contribution in [0, 0.1) is 0 Å². The standard InChI is InChI=1S/C15H21NO4/c1-15(18)7-9-16(10-8-15)14(17)11-20-13-6-4-3-5-12(13)19-2/h3-6,18H,7-11H2,1-2H3. The number of ether oxygens (including phenoxy) is 2. The van der Waals surface area contributed by atoms with Gasteiger partial charge < -0.3 is 19.5 Å². The minimum absolute atomic E-state index is 0.0114. The van der Waals surface area contributed by atoms with E-state index in [0.717, 1.165) is 0 Å². The first-order chi connectivity index (χ1) is 9.52. The highest BCUT2D eigenvalue weighted by molar-refractivity contribution is 5.78. The van der Waals surface area contributed by atoms with E-state index in [2.05, 4.69) is 0 Å². The zero-order valence-electron chi connectivity index (χ0n) is 12.0. The molecule has 1 amide bonds. The molecule has 1 aromatic carbocycles. The Kier molecular flexibility index (Phi) is 4.49. The van der Waals surface area contributed by atoms with Crippen LogP contribution in [0.3, 0.4) is 0 Å². The number of rotatable bonds is 4. The van der Waals surface area contributed by atoms with Gasteiger partial charge in [-0.2, -0.15) is 0 Å². The van der Waals surface area contributed by atoms with Gasteiger partial charge in [0.2, 0.25) is 0 Å². The number of piperidine rings is 1. The highest BCUT2D eigenvalue weighted by atomic mass is 16.5. The van der Waals surface area contributed by atoms with E-state index in [-0.39, 0.29) is 12.5 Å². The fourth-order valence-electron chi connectivity index (χ4n) is 2.21. The number of carbonyl (C=O) groups excluding carboxylic acids is 1. The number of hydrogen-bond donors (Lipinski definition) is 1. The van der Waals surface area contributed by atoms with Crippen LogP contribution in [0.2, 0.25) is 0 Å². The van der Waals surface area contributed by atoms with E-state index < -0.39 is 5.60 Å². The van der Waals surface area contributed by atoms with Gasteiger partial charge in [0, 0.05) is 13.1 Å². The van der Waals surface area contributed by atoms with Crippen molar-refractivity contribution in [2.24, 2.45) is 0 Å². The molecule has 0 unspecified atom stereocenters. The smallest absolute Gasteiger partial charge is 0.260 e. The van der Waals surface area contributed by atoms with E-state index in [1.54, 1.807) is 31.1 Å². The predicted molar refractivity (Wildman–Crippen MR) is 74.9 cm³/mol. The van der Waals surface area contributed by atoms with Crippen LogP contribution in [-0.4, -0.2) is 48.3 Å². The Bertz CT molecular complexity index is 463. The molecule has 1 aliphatic rings. The summed E-state index contributed by atoms with van der Waals surface area (Å²) in [5.74, 6) is 1.11. The summed E-state index contributed by atoms with van der Waals surface area (Å²) in [6.07, 6.45) is 1.21. The van der Waals surface area contributed by atoms with Gasteiger partial charge in [0.05, 0.1) is 12.7 Å². The second-order valence-corrected chi connectivity index (χ2v) is 5.32. The quantitative estimate of drug-likeness (QED) is 0.906. The zero-order valence-corrected chi connectivity index (χ0v) is 12.0.